The molecule has 0 radical (unpaired) electrons. The van der Waals surface area contributed by atoms with Crippen LogP contribution in [0, 0.1) is 0 Å². The van der Waals surface area contributed by atoms with Crippen molar-refractivity contribution in [2.45, 2.75) is 25.6 Å². The summed E-state index contributed by atoms with van der Waals surface area (Å²) in [5, 5.41) is 2.78. The van der Waals surface area contributed by atoms with Crippen LogP contribution in [0.25, 0.3) is 0 Å². The Morgan fingerprint density at radius 1 is 1.00 bits per heavy atom. The van der Waals surface area contributed by atoms with Gasteiger partial charge >= 0.3 is 6.18 Å². The van der Waals surface area contributed by atoms with Crippen LogP contribution in [0.15, 0.2) is 48.5 Å². The molecule has 142 valence electrons. The van der Waals surface area contributed by atoms with Crippen molar-refractivity contribution >= 4 is 18.3 Å². The number of nitrogens with two attached hydrogens (primary N) is 1. The van der Waals surface area contributed by atoms with E-state index in [1.807, 2.05) is 0 Å². The van der Waals surface area contributed by atoms with E-state index in [2.05, 4.69) is 5.32 Å². The molecule has 0 unspecified atom stereocenters. The molecule has 0 aromatic heterocycles. The number of alkyl halides is 3. The lowest BCUT2D eigenvalue weighted by atomic mass is 10.2. The molecule has 0 saturated heterocycles. The number of carbonyl (C=O) groups is 1. The Kier molecular flexibility index (Phi) is 8.41. The first-order valence-corrected chi connectivity index (χ1v) is 7.79. The SMILES string of the molecule is Cl.NCCCC(=O)NCc1ccc(Oc2ccc(C(F)(F)F)cc2)cc1. The first-order chi connectivity index (χ1) is 11.9. The third-order valence-corrected chi connectivity index (χ3v) is 3.44. The van der Waals surface area contributed by atoms with Crippen molar-refractivity contribution < 1.29 is 22.7 Å². The zero-order chi connectivity index (χ0) is 18.3. The number of ether oxygens (including phenoxy) is 1. The quantitative estimate of drug-likeness (QED) is 0.744. The highest BCUT2D eigenvalue weighted by Gasteiger charge is 2.30. The molecule has 0 heterocycles. The highest BCUT2D eigenvalue weighted by Crippen LogP contribution is 2.31. The molecule has 0 aliphatic heterocycles. The molecule has 4 nitrogen and oxygen atoms in total. The fourth-order valence-corrected chi connectivity index (χ4v) is 2.08. The van der Waals surface area contributed by atoms with Gasteiger partial charge in [0, 0.05) is 13.0 Å². The van der Waals surface area contributed by atoms with Crippen molar-refractivity contribution in [1.82, 2.24) is 5.32 Å². The van der Waals surface area contributed by atoms with Gasteiger partial charge in [0.25, 0.3) is 0 Å². The monoisotopic (exact) mass is 388 g/mol. The van der Waals surface area contributed by atoms with E-state index in [1.165, 1.54) is 12.1 Å². The Hall–Kier alpha value is -2.25. The molecular formula is C18H20ClF3N2O2. The number of halogens is 4. The van der Waals surface area contributed by atoms with Crippen LogP contribution in [0.2, 0.25) is 0 Å². The Morgan fingerprint density at radius 2 is 1.54 bits per heavy atom. The maximum Gasteiger partial charge on any atom is 0.416 e. The first-order valence-electron chi connectivity index (χ1n) is 7.79. The summed E-state index contributed by atoms with van der Waals surface area (Å²) in [5.41, 5.74) is 5.51. The smallest absolute Gasteiger partial charge is 0.416 e. The average molecular weight is 389 g/mol. The summed E-state index contributed by atoms with van der Waals surface area (Å²) >= 11 is 0. The highest BCUT2D eigenvalue weighted by atomic mass is 35.5. The van der Waals surface area contributed by atoms with Crippen molar-refractivity contribution in [3.8, 4) is 11.5 Å². The maximum atomic E-state index is 12.5. The van der Waals surface area contributed by atoms with Gasteiger partial charge in [0.1, 0.15) is 11.5 Å². The third-order valence-electron chi connectivity index (χ3n) is 3.44. The molecule has 3 N–H and O–H groups in total. The number of benzene rings is 2. The molecule has 0 saturated carbocycles. The van der Waals surface area contributed by atoms with Crippen LogP contribution >= 0.6 is 12.4 Å². The van der Waals surface area contributed by atoms with Crippen molar-refractivity contribution in [3.63, 3.8) is 0 Å². The van der Waals surface area contributed by atoms with E-state index in [1.54, 1.807) is 24.3 Å². The van der Waals surface area contributed by atoms with E-state index >= 15 is 0 Å². The Bertz CT molecular complexity index is 689. The van der Waals surface area contributed by atoms with Gasteiger partial charge < -0.3 is 15.8 Å². The lowest BCUT2D eigenvalue weighted by Crippen LogP contribution is -2.23. The summed E-state index contributed by atoms with van der Waals surface area (Å²) in [7, 11) is 0. The molecule has 26 heavy (non-hydrogen) atoms. The molecule has 0 atom stereocenters. The fourth-order valence-electron chi connectivity index (χ4n) is 2.08. The van der Waals surface area contributed by atoms with E-state index in [-0.39, 0.29) is 18.3 Å². The van der Waals surface area contributed by atoms with Gasteiger partial charge in [-0.05, 0) is 54.9 Å². The van der Waals surface area contributed by atoms with Gasteiger partial charge in [0.2, 0.25) is 5.91 Å². The fraction of sp³-hybridized carbons (Fsp3) is 0.278. The van der Waals surface area contributed by atoms with Crippen LogP contribution in [0.1, 0.15) is 24.0 Å². The molecule has 2 aromatic carbocycles. The van der Waals surface area contributed by atoms with Crippen LogP contribution < -0.4 is 15.8 Å². The van der Waals surface area contributed by atoms with Gasteiger partial charge in [0.05, 0.1) is 5.56 Å². The third kappa shape index (κ3) is 6.93. The molecule has 2 rings (SSSR count). The highest BCUT2D eigenvalue weighted by molar-refractivity contribution is 5.85. The van der Waals surface area contributed by atoms with E-state index in [9.17, 15) is 18.0 Å². The molecule has 0 bridgehead atoms. The first kappa shape index (κ1) is 21.8. The van der Waals surface area contributed by atoms with Crippen LogP contribution in [0.3, 0.4) is 0 Å². The standard InChI is InChI=1S/C18H19F3N2O2.ClH/c19-18(20,21)14-5-9-16(10-6-14)25-15-7-3-13(4-8-15)12-23-17(24)2-1-11-22;/h3-10H,1-2,11-12,22H2,(H,23,24);1H. The van der Waals surface area contributed by atoms with E-state index < -0.39 is 11.7 Å². The second-order valence-electron chi connectivity index (χ2n) is 5.44. The largest absolute Gasteiger partial charge is 0.457 e. The minimum absolute atomic E-state index is 0. The van der Waals surface area contributed by atoms with Gasteiger partial charge in [0.15, 0.2) is 0 Å². The second-order valence-corrected chi connectivity index (χ2v) is 5.44. The molecular weight excluding hydrogens is 369 g/mol. The number of hydrogen-bond donors (Lipinski definition) is 2. The second kappa shape index (κ2) is 10.0. The number of nitrogens with one attached hydrogen (secondary N) is 1. The lowest BCUT2D eigenvalue weighted by molar-refractivity contribution is -0.137. The Labute approximate surface area is 155 Å². The van der Waals surface area contributed by atoms with Gasteiger partial charge in [-0.2, -0.15) is 13.2 Å². The van der Waals surface area contributed by atoms with Gasteiger partial charge in [-0.3, -0.25) is 4.79 Å². The summed E-state index contributed by atoms with van der Waals surface area (Å²) in [6.45, 7) is 0.868. The van der Waals surface area contributed by atoms with Crippen molar-refractivity contribution in [1.29, 1.82) is 0 Å². The van der Waals surface area contributed by atoms with Crippen molar-refractivity contribution in [2.24, 2.45) is 5.73 Å². The van der Waals surface area contributed by atoms with E-state index in [0.717, 1.165) is 17.7 Å². The van der Waals surface area contributed by atoms with Gasteiger partial charge in [-0.25, -0.2) is 0 Å². The Balaban J connectivity index is 0.00000338. The summed E-state index contributed by atoms with van der Waals surface area (Å²) in [6.07, 6.45) is -3.33. The van der Waals surface area contributed by atoms with Crippen LogP contribution in [0.5, 0.6) is 11.5 Å². The van der Waals surface area contributed by atoms with Crippen molar-refractivity contribution in [2.75, 3.05) is 6.54 Å². The minimum Gasteiger partial charge on any atom is -0.457 e. The van der Waals surface area contributed by atoms with E-state index in [4.69, 9.17) is 10.5 Å². The molecule has 2 aromatic rings. The Morgan fingerprint density at radius 3 is 2.04 bits per heavy atom. The van der Waals surface area contributed by atoms with Crippen molar-refractivity contribution in [3.05, 3.63) is 59.7 Å². The molecule has 0 aliphatic carbocycles. The average Bonchev–Trinajstić information content (AvgIpc) is 2.59. The minimum atomic E-state index is -4.37. The molecule has 0 fully saturated rings. The van der Waals surface area contributed by atoms with Gasteiger partial charge in [-0.1, -0.05) is 12.1 Å². The molecule has 8 heteroatoms. The predicted octanol–water partition coefficient (Wildman–Crippen LogP) is 4.27. The molecule has 0 spiro atoms. The topological polar surface area (TPSA) is 64.4 Å². The zero-order valence-corrected chi connectivity index (χ0v) is 14.7. The number of rotatable bonds is 7. The number of amides is 1. The predicted molar refractivity (Wildman–Crippen MR) is 95.3 cm³/mol. The molecule has 1 amide bonds. The normalized spacial score (nSPS) is 10.8. The van der Waals surface area contributed by atoms with Gasteiger partial charge in [-0.15, -0.1) is 12.4 Å². The van der Waals surface area contributed by atoms with E-state index in [0.29, 0.717) is 37.4 Å². The lowest BCUT2D eigenvalue weighted by Gasteiger charge is -2.10. The summed E-state index contributed by atoms with van der Waals surface area (Å²) < 4.78 is 43.0. The van der Waals surface area contributed by atoms with Crippen LogP contribution in [0.4, 0.5) is 13.2 Å². The number of hydrogen-bond acceptors (Lipinski definition) is 3. The zero-order valence-electron chi connectivity index (χ0n) is 13.9. The summed E-state index contributed by atoms with van der Waals surface area (Å²) in [4.78, 5) is 11.5. The van der Waals surface area contributed by atoms with Crippen LogP contribution in [-0.2, 0) is 17.5 Å². The summed E-state index contributed by atoms with van der Waals surface area (Å²) in [5.74, 6) is 0.754. The molecule has 0 aliphatic rings. The maximum absolute atomic E-state index is 12.5. The summed E-state index contributed by atoms with van der Waals surface area (Å²) in [6, 6.07) is 11.4. The number of carbonyl (C=O) groups excluding carboxylic acids is 1. The van der Waals surface area contributed by atoms with Crippen LogP contribution in [-0.4, -0.2) is 12.5 Å².